The van der Waals surface area contributed by atoms with Crippen LogP contribution < -0.4 is 10.6 Å². The van der Waals surface area contributed by atoms with E-state index >= 15 is 0 Å². The number of ether oxygens (including phenoxy) is 2. The first-order chi connectivity index (χ1) is 16.1. The molecule has 1 fully saturated rings. The smallest absolute Gasteiger partial charge is 0.224 e. The molecular weight excluding hydrogens is 420 g/mol. The van der Waals surface area contributed by atoms with Crippen LogP contribution in [0.5, 0.6) is 0 Å². The maximum atomic E-state index is 12.6. The fourth-order valence-electron chi connectivity index (χ4n) is 3.79. The van der Waals surface area contributed by atoms with Crippen LogP contribution in [0.4, 0.5) is 11.4 Å². The van der Waals surface area contributed by atoms with Crippen LogP contribution in [-0.4, -0.2) is 52.9 Å². The van der Waals surface area contributed by atoms with E-state index < -0.39 is 5.60 Å². The lowest BCUT2D eigenvalue weighted by molar-refractivity contribution is -0.116. The molecule has 0 atom stereocenters. The number of rotatable bonds is 10. The minimum absolute atomic E-state index is 0.122. The van der Waals surface area contributed by atoms with Gasteiger partial charge in [0.25, 0.3) is 0 Å². The maximum absolute atomic E-state index is 12.6. The lowest BCUT2D eigenvalue weighted by Crippen LogP contribution is -2.42. The maximum Gasteiger partial charge on any atom is 0.224 e. The summed E-state index contributed by atoms with van der Waals surface area (Å²) in [7, 11) is 0. The first kappa shape index (κ1) is 23.1. The summed E-state index contributed by atoms with van der Waals surface area (Å²) < 4.78 is 11.0. The van der Waals surface area contributed by atoms with E-state index in [4.69, 9.17) is 9.47 Å². The summed E-state index contributed by atoms with van der Waals surface area (Å²) >= 11 is 0. The standard InChI is InChI=1S/C25H30N4O4/c30-22(9-5-13-33-17-19-6-2-1-3-7-19)29-21-16-27-20-8-4-12-26-23(20)24(21)28-18-25(31)10-14-32-15-11-25/h1-4,6-8,12,16,31H,5,9-11,13-15,17-18H2,(H,27,28)(H,29,30). The molecule has 8 nitrogen and oxygen atoms in total. The molecule has 8 heteroatoms. The van der Waals surface area contributed by atoms with Gasteiger partial charge in [-0.05, 0) is 24.1 Å². The van der Waals surface area contributed by atoms with Gasteiger partial charge in [-0.3, -0.25) is 14.8 Å². The van der Waals surface area contributed by atoms with Crippen molar-refractivity contribution in [3.05, 3.63) is 60.4 Å². The summed E-state index contributed by atoms with van der Waals surface area (Å²) in [6.45, 7) is 2.43. The summed E-state index contributed by atoms with van der Waals surface area (Å²) in [6, 6.07) is 13.6. The Morgan fingerprint density at radius 1 is 1.12 bits per heavy atom. The van der Waals surface area contributed by atoms with Gasteiger partial charge in [0.15, 0.2) is 0 Å². The van der Waals surface area contributed by atoms with E-state index in [0.717, 1.165) is 5.56 Å². The van der Waals surface area contributed by atoms with E-state index in [9.17, 15) is 9.90 Å². The number of amides is 1. The molecule has 174 valence electrons. The average Bonchev–Trinajstić information content (AvgIpc) is 2.84. The van der Waals surface area contributed by atoms with Gasteiger partial charge in [0.1, 0.15) is 5.52 Å². The summed E-state index contributed by atoms with van der Waals surface area (Å²) in [5.41, 5.74) is 2.82. The highest BCUT2D eigenvalue weighted by atomic mass is 16.5. The molecule has 0 unspecified atom stereocenters. The Morgan fingerprint density at radius 3 is 2.76 bits per heavy atom. The number of aliphatic hydroxyl groups is 1. The number of carbonyl (C=O) groups excluding carboxylic acids is 1. The second-order valence-corrected chi connectivity index (χ2v) is 8.30. The average molecular weight is 451 g/mol. The third-order valence-corrected chi connectivity index (χ3v) is 5.72. The molecule has 3 N–H and O–H groups in total. The number of nitrogens with one attached hydrogen (secondary N) is 2. The van der Waals surface area contributed by atoms with Crippen molar-refractivity contribution in [3.63, 3.8) is 0 Å². The number of fused-ring (bicyclic) bond motifs is 1. The van der Waals surface area contributed by atoms with Crippen LogP contribution >= 0.6 is 0 Å². The van der Waals surface area contributed by atoms with E-state index in [1.807, 2.05) is 42.5 Å². The van der Waals surface area contributed by atoms with E-state index in [1.54, 1.807) is 12.4 Å². The molecule has 1 saturated heterocycles. The molecule has 1 aliphatic rings. The Hall–Kier alpha value is -3.07. The molecule has 0 spiro atoms. The van der Waals surface area contributed by atoms with Gasteiger partial charge in [-0.2, -0.15) is 0 Å². The SMILES string of the molecule is O=C(CCCOCc1ccccc1)Nc1cnc2cccnc2c1NCC1(O)CCOCC1. The second-order valence-electron chi connectivity index (χ2n) is 8.30. The third-order valence-electron chi connectivity index (χ3n) is 5.72. The number of benzene rings is 1. The Morgan fingerprint density at radius 2 is 1.94 bits per heavy atom. The molecule has 1 amide bonds. The summed E-state index contributed by atoms with van der Waals surface area (Å²) in [6.07, 6.45) is 5.37. The van der Waals surface area contributed by atoms with Crippen molar-refractivity contribution in [1.82, 2.24) is 9.97 Å². The molecule has 0 radical (unpaired) electrons. The molecule has 2 aromatic heterocycles. The Kier molecular flexibility index (Phi) is 7.83. The van der Waals surface area contributed by atoms with Crippen LogP contribution in [0.25, 0.3) is 11.0 Å². The van der Waals surface area contributed by atoms with Crippen LogP contribution in [0.3, 0.4) is 0 Å². The minimum Gasteiger partial charge on any atom is -0.388 e. The summed E-state index contributed by atoms with van der Waals surface area (Å²) in [5, 5.41) is 17.1. The van der Waals surface area contributed by atoms with Gasteiger partial charge in [0, 0.05) is 51.8 Å². The number of hydrogen-bond donors (Lipinski definition) is 3. The zero-order chi connectivity index (χ0) is 22.9. The highest BCUT2D eigenvalue weighted by molar-refractivity contribution is 6.01. The largest absolute Gasteiger partial charge is 0.388 e. The Labute approximate surface area is 193 Å². The second kappa shape index (κ2) is 11.2. The normalized spacial score (nSPS) is 15.3. The van der Waals surface area contributed by atoms with Crippen molar-refractivity contribution in [3.8, 4) is 0 Å². The Bertz CT molecular complexity index is 1050. The fraction of sp³-hybridized carbons (Fsp3) is 0.400. The zero-order valence-corrected chi connectivity index (χ0v) is 18.6. The van der Waals surface area contributed by atoms with Gasteiger partial charge in [0.2, 0.25) is 5.91 Å². The predicted octanol–water partition coefficient (Wildman–Crippen LogP) is 3.52. The minimum atomic E-state index is -0.861. The van der Waals surface area contributed by atoms with Crippen molar-refractivity contribution in [2.24, 2.45) is 0 Å². The number of carbonyl (C=O) groups is 1. The van der Waals surface area contributed by atoms with E-state index in [0.29, 0.717) is 81.1 Å². The molecule has 0 bridgehead atoms. The quantitative estimate of drug-likeness (QED) is 0.406. The number of hydrogen-bond acceptors (Lipinski definition) is 7. The van der Waals surface area contributed by atoms with E-state index in [-0.39, 0.29) is 5.91 Å². The van der Waals surface area contributed by atoms with Crippen molar-refractivity contribution in [2.75, 3.05) is 37.0 Å². The molecular formula is C25H30N4O4. The van der Waals surface area contributed by atoms with Crippen LogP contribution in [0.2, 0.25) is 0 Å². The van der Waals surface area contributed by atoms with Gasteiger partial charge in [-0.1, -0.05) is 30.3 Å². The van der Waals surface area contributed by atoms with Gasteiger partial charge < -0.3 is 25.2 Å². The van der Waals surface area contributed by atoms with Crippen molar-refractivity contribution >= 4 is 28.3 Å². The molecule has 3 aromatic rings. The molecule has 0 saturated carbocycles. The number of nitrogens with zero attached hydrogens (tertiary/aromatic N) is 2. The molecule has 4 rings (SSSR count). The molecule has 3 heterocycles. The van der Waals surface area contributed by atoms with Gasteiger partial charge in [-0.25, -0.2) is 0 Å². The van der Waals surface area contributed by atoms with Crippen LogP contribution in [-0.2, 0) is 20.9 Å². The molecule has 33 heavy (non-hydrogen) atoms. The van der Waals surface area contributed by atoms with Crippen LogP contribution in [0.15, 0.2) is 54.9 Å². The Balaban J connectivity index is 1.35. The monoisotopic (exact) mass is 450 g/mol. The molecule has 1 aromatic carbocycles. The van der Waals surface area contributed by atoms with E-state index in [2.05, 4.69) is 20.6 Å². The van der Waals surface area contributed by atoms with Crippen LogP contribution in [0, 0.1) is 0 Å². The van der Waals surface area contributed by atoms with Crippen LogP contribution in [0.1, 0.15) is 31.2 Å². The highest BCUT2D eigenvalue weighted by Crippen LogP contribution is 2.30. The lowest BCUT2D eigenvalue weighted by atomic mass is 9.94. The number of aromatic nitrogens is 2. The topological polar surface area (TPSA) is 106 Å². The third kappa shape index (κ3) is 6.47. The summed E-state index contributed by atoms with van der Waals surface area (Å²) in [4.78, 5) is 21.5. The summed E-state index contributed by atoms with van der Waals surface area (Å²) in [5.74, 6) is -0.122. The fourth-order valence-corrected chi connectivity index (χ4v) is 3.79. The van der Waals surface area contributed by atoms with Crippen molar-refractivity contribution < 1.29 is 19.4 Å². The van der Waals surface area contributed by atoms with Gasteiger partial charge >= 0.3 is 0 Å². The number of pyridine rings is 2. The zero-order valence-electron chi connectivity index (χ0n) is 18.6. The first-order valence-corrected chi connectivity index (χ1v) is 11.3. The van der Waals surface area contributed by atoms with Gasteiger partial charge in [0.05, 0.1) is 35.3 Å². The van der Waals surface area contributed by atoms with Gasteiger partial charge in [-0.15, -0.1) is 0 Å². The number of anilines is 2. The highest BCUT2D eigenvalue weighted by Gasteiger charge is 2.30. The molecule has 0 aliphatic carbocycles. The first-order valence-electron chi connectivity index (χ1n) is 11.3. The molecule has 1 aliphatic heterocycles. The van der Waals surface area contributed by atoms with Crippen molar-refractivity contribution in [1.29, 1.82) is 0 Å². The van der Waals surface area contributed by atoms with E-state index in [1.165, 1.54) is 0 Å². The lowest BCUT2D eigenvalue weighted by Gasteiger charge is -2.32. The predicted molar refractivity (Wildman–Crippen MR) is 127 cm³/mol. The van der Waals surface area contributed by atoms with Crippen molar-refractivity contribution in [2.45, 2.75) is 37.9 Å².